The highest BCUT2D eigenvalue weighted by Crippen LogP contribution is 2.15. The van der Waals surface area contributed by atoms with Gasteiger partial charge in [0.05, 0.1) is 6.61 Å². The third-order valence-electron chi connectivity index (χ3n) is 11.2. The van der Waals surface area contributed by atoms with E-state index in [2.05, 4.69) is 93.7 Å². The Morgan fingerprint density at radius 2 is 0.726 bits per heavy atom. The van der Waals surface area contributed by atoms with Crippen molar-refractivity contribution in [3.05, 3.63) is 72.9 Å². The number of carbonyl (C=O) groups is 2. The van der Waals surface area contributed by atoms with Gasteiger partial charge in [-0.3, -0.25) is 9.59 Å². The smallest absolute Gasteiger partial charge is 0.306 e. The van der Waals surface area contributed by atoms with E-state index in [1.54, 1.807) is 0 Å². The van der Waals surface area contributed by atoms with Gasteiger partial charge in [-0.15, -0.1) is 0 Å². The molecule has 0 amide bonds. The average molecular weight is 865 g/mol. The fraction of sp³-hybridized carbons (Fsp3) is 0.754. The monoisotopic (exact) mass is 865 g/mol. The van der Waals surface area contributed by atoms with Crippen molar-refractivity contribution in [3.8, 4) is 0 Å². The molecule has 0 spiro atoms. The van der Waals surface area contributed by atoms with Crippen LogP contribution in [-0.2, 0) is 23.8 Å². The highest BCUT2D eigenvalue weighted by molar-refractivity contribution is 5.70. The van der Waals surface area contributed by atoms with E-state index in [1.807, 2.05) is 0 Å². The molecule has 0 saturated heterocycles. The molecule has 1 unspecified atom stereocenters. The van der Waals surface area contributed by atoms with Gasteiger partial charge < -0.3 is 14.2 Å². The molecule has 0 N–H and O–H groups in total. The predicted octanol–water partition coefficient (Wildman–Crippen LogP) is 17.9. The molecule has 0 aromatic rings. The Morgan fingerprint density at radius 1 is 0.371 bits per heavy atom. The normalized spacial score (nSPS) is 12.8. The quantitative estimate of drug-likeness (QED) is 0.0346. The molecule has 0 rings (SSSR count). The zero-order chi connectivity index (χ0) is 44.9. The van der Waals surface area contributed by atoms with Crippen LogP contribution in [0.4, 0.5) is 0 Å². The molecular weight excluding hydrogens is 765 g/mol. The van der Waals surface area contributed by atoms with E-state index in [-0.39, 0.29) is 25.2 Å². The standard InChI is InChI=1S/C57H100O5/c1-4-7-10-13-16-19-22-25-28-29-31-32-35-38-41-44-47-50-56(58)61-54-55(53-60-52-49-46-43-40-37-34-27-24-21-18-15-12-9-6-3)62-57(59)51-48-45-42-39-36-33-30-26-23-20-17-14-11-8-5-2/h7,9-10,12,16,18-19,21,25,27-28,34,55H,4-6,8,11,13-15,17,20,22-24,26,29-33,35-54H2,1-3H3/b10-7-,12-9-,19-16-,21-18-,28-25-,34-27-. The highest BCUT2D eigenvalue weighted by Gasteiger charge is 2.17. The molecule has 0 heterocycles. The van der Waals surface area contributed by atoms with Crippen molar-refractivity contribution >= 4 is 11.9 Å². The number of allylic oxidation sites excluding steroid dienone is 12. The summed E-state index contributed by atoms with van der Waals surface area (Å²) in [7, 11) is 0. The topological polar surface area (TPSA) is 61.8 Å². The van der Waals surface area contributed by atoms with Crippen LogP contribution in [0.2, 0.25) is 0 Å². The SMILES string of the molecule is CC/C=C\C/C=C\C/C=C\CCCCCCCCCC(=O)OCC(COCCCCCC/C=C\C/C=C\C/C=C\CC)OC(=O)CCCCCCCCCCCCCCCCC. The minimum absolute atomic E-state index is 0.0709. The number of unbranched alkanes of at least 4 members (excludes halogenated alkanes) is 25. The molecule has 0 aliphatic heterocycles. The second kappa shape index (κ2) is 52.7. The van der Waals surface area contributed by atoms with Crippen LogP contribution in [0.1, 0.15) is 252 Å². The third-order valence-corrected chi connectivity index (χ3v) is 11.2. The Morgan fingerprint density at radius 3 is 1.16 bits per heavy atom. The second-order valence-electron chi connectivity index (χ2n) is 17.4. The van der Waals surface area contributed by atoms with Gasteiger partial charge in [0.15, 0.2) is 6.10 Å². The largest absolute Gasteiger partial charge is 0.462 e. The molecule has 0 aliphatic rings. The molecule has 0 fully saturated rings. The number of hydrogen-bond acceptors (Lipinski definition) is 5. The first-order valence-corrected chi connectivity index (χ1v) is 26.5. The van der Waals surface area contributed by atoms with Crippen molar-refractivity contribution in [1.82, 2.24) is 0 Å². The van der Waals surface area contributed by atoms with Gasteiger partial charge in [-0.25, -0.2) is 0 Å². The molecule has 0 bridgehead atoms. The van der Waals surface area contributed by atoms with E-state index in [0.717, 1.165) is 96.3 Å². The first-order valence-electron chi connectivity index (χ1n) is 26.5. The lowest BCUT2D eigenvalue weighted by atomic mass is 10.0. The lowest BCUT2D eigenvalue weighted by Crippen LogP contribution is -2.30. The molecule has 0 saturated carbocycles. The van der Waals surface area contributed by atoms with Crippen LogP contribution in [0.5, 0.6) is 0 Å². The maximum Gasteiger partial charge on any atom is 0.306 e. The summed E-state index contributed by atoms with van der Waals surface area (Å²) in [6.07, 6.45) is 67.7. The van der Waals surface area contributed by atoms with Crippen LogP contribution in [0, 0.1) is 0 Å². The van der Waals surface area contributed by atoms with Crippen LogP contribution < -0.4 is 0 Å². The summed E-state index contributed by atoms with van der Waals surface area (Å²) in [6.45, 7) is 7.57. The average Bonchev–Trinajstić information content (AvgIpc) is 3.27. The Labute approximate surface area is 385 Å². The van der Waals surface area contributed by atoms with E-state index < -0.39 is 6.10 Å². The Hall–Kier alpha value is -2.66. The van der Waals surface area contributed by atoms with E-state index in [9.17, 15) is 9.59 Å². The van der Waals surface area contributed by atoms with Crippen molar-refractivity contribution in [1.29, 1.82) is 0 Å². The number of carbonyl (C=O) groups excluding carboxylic acids is 2. The molecule has 62 heavy (non-hydrogen) atoms. The van der Waals surface area contributed by atoms with E-state index >= 15 is 0 Å². The molecule has 0 aliphatic carbocycles. The van der Waals surface area contributed by atoms with Crippen LogP contribution >= 0.6 is 0 Å². The zero-order valence-corrected chi connectivity index (χ0v) is 41.1. The molecule has 1 atom stereocenters. The van der Waals surface area contributed by atoms with Crippen LogP contribution in [0.25, 0.3) is 0 Å². The van der Waals surface area contributed by atoms with Crippen molar-refractivity contribution in [2.45, 2.75) is 258 Å². The number of rotatable bonds is 48. The number of hydrogen-bond donors (Lipinski definition) is 0. The van der Waals surface area contributed by atoms with Crippen LogP contribution in [0.15, 0.2) is 72.9 Å². The summed E-state index contributed by atoms with van der Waals surface area (Å²) in [5.41, 5.74) is 0. The summed E-state index contributed by atoms with van der Waals surface area (Å²) in [4.78, 5) is 25.4. The van der Waals surface area contributed by atoms with E-state index in [1.165, 1.54) is 122 Å². The van der Waals surface area contributed by atoms with Crippen molar-refractivity contribution in [2.75, 3.05) is 19.8 Å². The van der Waals surface area contributed by atoms with Gasteiger partial charge in [0.25, 0.3) is 0 Å². The van der Waals surface area contributed by atoms with Gasteiger partial charge in [-0.05, 0) is 83.5 Å². The van der Waals surface area contributed by atoms with Gasteiger partial charge in [-0.2, -0.15) is 0 Å². The molecule has 0 aromatic carbocycles. The molecule has 5 nitrogen and oxygen atoms in total. The molecule has 0 radical (unpaired) electrons. The second-order valence-corrected chi connectivity index (χ2v) is 17.4. The zero-order valence-electron chi connectivity index (χ0n) is 41.1. The third kappa shape index (κ3) is 50.0. The fourth-order valence-corrected chi connectivity index (χ4v) is 7.36. The highest BCUT2D eigenvalue weighted by atomic mass is 16.6. The van der Waals surface area contributed by atoms with Crippen LogP contribution in [-0.4, -0.2) is 37.9 Å². The molecular formula is C57H100O5. The Bertz CT molecular complexity index is 1110. The summed E-state index contributed by atoms with van der Waals surface area (Å²) >= 11 is 0. The van der Waals surface area contributed by atoms with Crippen molar-refractivity contribution in [2.24, 2.45) is 0 Å². The Kier molecular flexibility index (Phi) is 50.4. The summed E-state index contributed by atoms with van der Waals surface area (Å²) in [5.74, 6) is -0.415. The summed E-state index contributed by atoms with van der Waals surface area (Å²) in [6, 6.07) is 0. The van der Waals surface area contributed by atoms with Gasteiger partial charge in [0.2, 0.25) is 0 Å². The number of ether oxygens (including phenoxy) is 3. The first kappa shape index (κ1) is 59.3. The Balaban J connectivity index is 4.30. The minimum Gasteiger partial charge on any atom is -0.462 e. The van der Waals surface area contributed by atoms with Crippen molar-refractivity contribution in [3.63, 3.8) is 0 Å². The lowest BCUT2D eigenvalue weighted by Gasteiger charge is -2.18. The van der Waals surface area contributed by atoms with Gasteiger partial charge >= 0.3 is 11.9 Å². The number of esters is 2. The predicted molar refractivity (Wildman–Crippen MR) is 270 cm³/mol. The van der Waals surface area contributed by atoms with Gasteiger partial charge in [-0.1, -0.05) is 229 Å². The fourth-order valence-electron chi connectivity index (χ4n) is 7.36. The minimum atomic E-state index is -0.552. The molecule has 5 heteroatoms. The van der Waals surface area contributed by atoms with Gasteiger partial charge in [0.1, 0.15) is 6.61 Å². The van der Waals surface area contributed by atoms with Gasteiger partial charge in [0, 0.05) is 19.4 Å². The first-order chi connectivity index (χ1) is 30.6. The maximum atomic E-state index is 12.8. The molecule has 0 aromatic heterocycles. The molecule has 358 valence electrons. The lowest BCUT2D eigenvalue weighted by molar-refractivity contribution is -0.163. The van der Waals surface area contributed by atoms with E-state index in [0.29, 0.717) is 19.4 Å². The van der Waals surface area contributed by atoms with Crippen molar-refractivity contribution < 1.29 is 23.8 Å². The van der Waals surface area contributed by atoms with Crippen LogP contribution in [0.3, 0.4) is 0 Å². The van der Waals surface area contributed by atoms with E-state index in [4.69, 9.17) is 14.2 Å². The summed E-state index contributed by atoms with van der Waals surface area (Å²) < 4.78 is 17.4. The summed E-state index contributed by atoms with van der Waals surface area (Å²) in [5, 5.41) is 0. The maximum absolute atomic E-state index is 12.8.